The van der Waals surface area contributed by atoms with Gasteiger partial charge >= 0.3 is 0 Å². The molecular formula is C16H23ClN4. The maximum absolute atomic E-state index is 6.40. The molecule has 0 aliphatic carbocycles. The van der Waals surface area contributed by atoms with Gasteiger partial charge in [0.25, 0.3) is 0 Å². The highest BCUT2D eigenvalue weighted by atomic mass is 35.5. The summed E-state index contributed by atoms with van der Waals surface area (Å²) >= 11 is 6.40. The van der Waals surface area contributed by atoms with Gasteiger partial charge in [0.05, 0.1) is 23.0 Å². The van der Waals surface area contributed by atoms with Crippen LogP contribution in [0.15, 0.2) is 24.7 Å². The van der Waals surface area contributed by atoms with Crippen LogP contribution < -0.4 is 5.32 Å². The normalized spacial score (nSPS) is 12.6. The highest BCUT2D eigenvalue weighted by Gasteiger charge is 2.23. The molecule has 0 aromatic carbocycles. The quantitative estimate of drug-likeness (QED) is 0.850. The van der Waals surface area contributed by atoms with Gasteiger partial charge in [0.2, 0.25) is 0 Å². The first-order valence-corrected chi connectivity index (χ1v) is 7.98. The van der Waals surface area contributed by atoms with Crippen LogP contribution in [0.3, 0.4) is 0 Å². The second kappa shape index (κ2) is 7.57. The third-order valence-corrected chi connectivity index (χ3v) is 3.93. The lowest BCUT2D eigenvalue weighted by Gasteiger charge is -2.23. The van der Waals surface area contributed by atoms with Crippen LogP contribution in [0.2, 0.25) is 5.02 Å². The maximum Gasteiger partial charge on any atom is 0.0837 e. The molecule has 114 valence electrons. The van der Waals surface area contributed by atoms with Crippen molar-refractivity contribution in [2.45, 2.75) is 46.2 Å². The summed E-state index contributed by atoms with van der Waals surface area (Å²) in [6, 6.07) is 2.13. The molecule has 0 amide bonds. The molecule has 0 saturated carbocycles. The van der Waals surface area contributed by atoms with Crippen molar-refractivity contribution in [1.29, 1.82) is 0 Å². The van der Waals surface area contributed by atoms with E-state index < -0.39 is 0 Å². The summed E-state index contributed by atoms with van der Waals surface area (Å²) in [4.78, 5) is 4.24. The molecule has 0 bridgehead atoms. The lowest BCUT2D eigenvalue weighted by molar-refractivity contribution is 0.527. The topological polar surface area (TPSA) is 42.7 Å². The molecule has 1 N–H and O–H groups in total. The second-order valence-electron chi connectivity index (χ2n) is 5.01. The number of hydrogen-bond acceptors (Lipinski definition) is 3. The van der Waals surface area contributed by atoms with E-state index in [2.05, 4.69) is 42.2 Å². The van der Waals surface area contributed by atoms with Gasteiger partial charge < -0.3 is 5.32 Å². The minimum atomic E-state index is 0.0536. The predicted molar refractivity (Wildman–Crippen MR) is 86.7 cm³/mol. The zero-order valence-corrected chi connectivity index (χ0v) is 13.7. The number of nitrogens with zero attached hydrogens (tertiary/aromatic N) is 3. The summed E-state index contributed by atoms with van der Waals surface area (Å²) in [6.07, 6.45) is 7.53. The monoisotopic (exact) mass is 306 g/mol. The molecule has 0 spiro atoms. The lowest BCUT2D eigenvalue weighted by atomic mass is 9.98. The third-order valence-electron chi connectivity index (χ3n) is 3.64. The Kier molecular flexibility index (Phi) is 5.76. The van der Waals surface area contributed by atoms with E-state index in [0.29, 0.717) is 5.02 Å². The van der Waals surface area contributed by atoms with Crippen LogP contribution in [-0.4, -0.2) is 21.3 Å². The van der Waals surface area contributed by atoms with Crippen LogP contribution >= 0.6 is 11.6 Å². The smallest absolute Gasteiger partial charge is 0.0837 e. The van der Waals surface area contributed by atoms with E-state index in [1.165, 1.54) is 11.1 Å². The fourth-order valence-electron chi connectivity index (χ4n) is 2.57. The number of aromatic nitrogens is 3. The average molecular weight is 307 g/mol. The van der Waals surface area contributed by atoms with Gasteiger partial charge in [-0.05, 0) is 43.5 Å². The Bertz CT molecular complexity index is 579. The first kappa shape index (κ1) is 16.0. The zero-order valence-electron chi connectivity index (χ0n) is 12.9. The van der Waals surface area contributed by atoms with Gasteiger partial charge in [-0.2, -0.15) is 5.10 Å². The maximum atomic E-state index is 6.40. The van der Waals surface area contributed by atoms with Crippen molar-refractivity contribution in [3.8, 4) is 0 Å². The minimum Gasteiger partial charge on any atom is -0.305 e. The van der Waals surface area contributed by atoms with Crippen molar-refractivity contribution < 1.29 is 0 Å². The SMILES string of the molecule is CCCNC(c1ccncc1CC)c1c(Cl)cnn1CC. The van der Waals surface area contributed by atoms with E-state index in [1.807, 2.05) is 17.1 Å². The number of halogens is 1. The van der Waals surface area contributed by atoms with Crippen molar-refractivity contribution in [3.05, 3.63) is 46.5 Å². The number of pyridine rings is 1. The largest absolute Gasteiger partial charge is 0.305 e. The summed E-state index contributed by atoms with van der Waals surface area (Å²) in [5, 5.41) is 8.69. The predicted octanol–water partition coefficient (Wildman–Crippen LogP) is 3.60. The molecule has 0 fully saturated rings. The van der Waals surface area contributed by atoms with E-state index in [-0.39, 0.29) is 6.04 Å². The Balaban J connectivity index is 2.50. The van der Waals surface area contributed by atoms with E-state index in [1.54, 1.807) is 6.20 Å². The molecule has 2 aromatic rings. The third kappa shape index (κ3) is 3.44. The molecule has 0 radical (unpaired) electrons. The molecule has 2 heterocycles. The highest BCUT2D eigenvalue weighted by Crippen LogP contribution is 2.30. The lowest BCUT2D eigenvalue weighted by Crippen LogP contribution is -2.27. The molecule has 0 saturated heterocycles. The van der Waals surface area contributed by atoms with Crippen molar-refractivity contribution >= 4 is 11.6 Å². The zero-order chi connectivity index (χ0) is 15.2. The van der Waals surface area contributed by atoms with Crippen LogP contribution in [-0.2, 0) is 13.0 Å². The highest BCUT2D eigenvalue weighted by molar-refractivity contribution is 6.31. The molecule has 21 heavy (non-hydrogen) atoms. The van der Waals surface area contributed by atoms with Crippen molar-refractivity contribution in [3.63, 3.8) is 0 Å². The van der Waals surface area contributed by atoms with Gasteiger partial charge in [0.1, 0.15) is 0 Å². The molecule has 5 heteroatoms. The van der Waals surface area contributed by atoms with E-state index in [4.69, 9.17) is 11.6 Å². The number of aryl methyl sites for hydroxylation is 2. The van der Waals surface area contributed by atoms with Crippen LogP contribution in [0.5, 0.6) is 0 Å². The fraction of sp³-hybridized carbons (Fsp3) is 0.500. The van der Waals surface area contributed by atoms with Gasteiger partial charge in [-0.25, -0.2) is 0 Å². The molecule has 1 unspecified atom stereocenters. The fourth-order valence-corrected chi connectivity index (χ4v) is 2.82. The van der Waals surface area contributed by atoms with Crippen LogP contribution in [0.1, 0.15) is 50.1 Å². The van der Waals surface area contributed by atoms with Gasteiger partial charge in [0, 0.05) is 18.9 Å². The summed E-state index contributed by atoms with van der Waals surface area (Å²) in [5.74, 6) is 0. The van der Waals surface area contributed by atoms with Crippen LogP contribution in [0.4, 0.5) is 0 Å². The summed E-state index contributed by atoms with van der Waals surface area (Å²) in [5.41, 5.74) is 3.51. The minimum absolute atomic E-state index is 0.0536. The Hall–Kier alpha value is -1.39. The van der Waals surface area contributed by atoms with Gasteiger partial charge in [-0.3, -0.25) is 9.67 Å². The molecule has 0 aliphatic rings. The van der Waals surface area contributed by atoms with Crippen molar-refractivity contribution in [2.75, 3.05) is 6.54 Å². The number of nitrogens with one attached hydrogen (secondary N) is 1. The van der Waals surface area contributed by atoms with Crippen LogP contribution in [0, 0.1) is 0 Å². The van der Waals surface area contributed by atoms with Crippen molar-refractivity contribution in [2.24, 2.45) is 0 Å². The molecule has 2 rings (SSSR count). The summed E-state index contributed by atoms with van der Waals surface area (Å²) in [6.45, 7) is 8.13. The Morgan fingerprint density at radius 3 is 2.76 bits per heavy atom. The van der Waals surface area contributed by atoms with E-state index in [9.17, 15) is 0 Å². The molecule has 4 nitrogen and oxygen atoms in total. The first-order valence-electron chi connectivity index (χ1n) is 7.60. The van der Waals surface area contributed by atoms with E-state index in [0.717, 1.165) is 31.6 Å². The molecular weight excluding hydrogens is 284 g/mol. The number of rotatable bonds is 7. The second-order valence-corrected chi connectivity index (χ2v) is 5.42. The first-order chi connectivity index (χ1) is 10.2. The van der Waals surface area contributed by atoms with Gasteiger partial charge in [-0.15, -0.1) is 0 Å². The Morgan fingerprint density at radius 2 is 2.10 bits per heavy atom. The van der Waals surface area contributed by atoms with Gasteiger partial charge in [0.15, 0.2) is 0 Å². The van der Waals surface area contributed by atoms with E-state index >= 15 is 0 Å². The summed E-state index contributed by atoms with van der Waals surface area (Å²) in [7, 11) is 0. The Labute approximate surface area is 131 Å². The van der Waals surface area contributed by atoms with Crippen molar-refractivity contribution in [1.82, 2.24) is 20.1 Å². The average Bonchev–Trinajstić information content (AvgIpc) is 2.89. The summed E-state index contributed by atoms with van der Waals surface area (Å²) < 4.78 is 1.97. The standard InChI is InChI=1S/C16H23ClN4/c1-4-8-19-15(13-7-9-18-10-12(13)5-2)16-14(17)11-20-21(16)6-3/h7,9-11,15,19H,4-6,8H2,1-3H3. The molecule has 1 atom stereocenters. The Morgan fingerprint density at radius 1 is 1.29 bits per heavy atom. The van der Waals surface area contributed by atoms with Crippen LogP contribution in [0.25, 0.3) is 0 Å². The molecule has 2 aromatic heterocycles. The molecule has 0 aliphatic heterocycles. The van der Waals surface area contributed by atoms with Gasteiger partial charge in [-0.1, -0.05) is 25.4 Å². The number of hydrogen-bond donors (Lipinski definition) is 1.